The van der Waals surface area contributed by atoms with Gasteiger partial charge in [0.25, 0.3) is 11.9 Å². The molecule has 2 aromatic heterocycles. The molecule has 31 heavy (non-hydrogen) atoms. The Morgan fingerprint density at radius 2 is 1.77 bits per heavy atom. The van der Waals surface area contributed by atoms with E-state index in [1.165, 1.54) is 4.31 Å². The summed E-state index contributed by atoms with van der Waals surface area (Å²) in [6.07, 6.45) is 0. The fourth-order valence-corrected chi connectivity index (χ4v) is 4.84. The van der Waals surface area contributed by atoms with Crippen molar-refractivity contribution in [2.75, 3.05) is 18.4 Å². The maximum atomic E-state index is 12.8. The number of fused-ring (bicyclic) bond motifs is 3. The molecule has 0 saturated heterocycles. The Labute approximate surface area is 179 Å². The second-order valence-corrected chi connectivity index (χ2v) is 9.01. The Kier molecular flexibility index (Phi) is 5.42. The summed E-state index contributed by atoms with van der Waals surface area (Å²) in [5, 5.41) is 11.4. The summed E-state index contributed by atoms with van der Waals surface area (Å²) >= 11 is 0. The van der Waals surface area contributed by atoms with Crippen LogP contribution in [0.15, 0.2) is 47.4 Å². The van der Waals surface area contributed by atoms with Gasteiger partial charge < -0.3 is 4.98 Å². The number of aromatic amines is 1. The number of amides is 1. The number of nitrogens with zero attached hydrogens (tertiary/aromatic N) is 4. The minimum Gasteiger partial charge on any atom is -0.338 e. The van der Waals surface area contributed by atoms with Gasteiger partial charge in [-0.2, -0.15) is 9.29 Å². The highest BCUT2D eigenvalue weighted by molar-refractivity contribution is 7.89. The standard InChI is InChI=1S/C21H22N6O3S/c1-4-27(5-2)31(29,30)15-10-11-17-16(12-15)18-19(22-17)23-21(26-25-18)24-20(28)14-8-6-13(3)7-9-14/h6-12H,4-5H2,1-3H3,(H2,22,23,24,26,28). The number of carbonyl (C=O) groups is 1. The van der Waals surface area contributed by atoms with Crippen molar-refractivity contribution in [2.45, 2.75) is 25.7 Å². The van der Waals surface area contributed by atoms with E-state index in [0.29, 0.717) is 40.7 Å². The van der Waals surface area contributed by atoms with E-state index >= 15 is 0 Å². The number of H-pyrrole nitrogens is 1. The van der Waals surface area contributed by atoms with E-state index in [0.717, 1.165) is 5.56 Å². The Bertz CT molecular complexity index is 1380. The normalized spacial score (nSPS) is 12.0. The minimum absolute atomic E-state index is 0.0561. The van der Waals surface area contributed by atoms with E-state index in [2.05, 4.69) is 25.5 Å². The van der Waals surface area contributed by atoms with Crippen LogP contribution < -0.4 is 5.32 Å². The van der Waals surface area contributed by atoms with Gasteiger partial charge in [0.1, 0.15) is 5.52 Å². The van der Waals surface area contributed by atoms with E-state index in [-0.39, 0.29) is 16.8 Å². The van der Waals surface area contributed by atoms with Crippen LogP contribution in [0.25, 0.3) is 22.1 Å². The number of sulfonamides is 1. The van der Waals surface area contributed by atoms with Crippen molar-refractivity contribution in [1.82, 2.24) is 24.5 Å². The first-order valence-electron chi connectivity index (χ1n) is 9.87. The number of anilines is 1. The number of rotatable bonds is 6. The molecule has 0 unspecified atom stereocenters. The van der Waals surface area contributed by atoms with Gasteiger partial charge in [0.15, 0.2) is 5.65 Å². The van der Waals surface area contributed by atoms with Gasteiger partial charge in [0.2, 0.25) is 10.0 Å². The highest BCUT2D eigenvalue weighted by Gasteiger charge is 2.23. The van der Waals surface area contributed by atoms with Gasteiger partial charge in [0, 0.05) is 29.6 Å². The van der Waals surface area contributed by atoms with Crippen LogP contribution in [0.1, 0.15) is 29.8 Å². The molecule has 2 aromatic carbocycles. The summed E-state index contributed by atoms with van der Waals surface area (Å²) in [6, 6.07) is 11.9. The van der Waals surface area contributed by atoms with E-state index in [4.69, 9.17) is 0 Å². The monoisotopic (exact) mass is 438 g/mol. The van der Waals surface area contributed by atoms with Gasteiger partial charge in [-0.1, -0.05) is 31.5 Å². The molecule has 1 amide bonds. The molecule has 0 radical (unpaired) electrons. The van der Waals surface area contributed by atoms with Crippen molar-refractivity contribution in [3.8, 4) is 0 Å². The summed E-state index contributed by atoms with van der Waals surface area (Å²) in [6.45, 7) is 6.31. The molecule has 0 fully saturated rings. The van der Waals surface area contributed by atoms with Crippen LogP contribution in [0, 0.1) is 6.92 Å². The van der Waals surface area contributed by atoms with E-state index in [9.17, 15) is 13.2 Å². The van der Waals surface area contributed by atoms with Crippen LogP contribution in [0.4, 0.5) is 5.95 Å². The zero-order valence-electron chi connectivity index (χ0n) is 17.4. The molecule has 4 rings (SSSR count). The van der Waals surface area contributed by atoms with Crippen LogP contribution in [-0.2, 0) is 10.0 Å². The first-order chi connectivity index (χ1) is 14.8. The number of nitrogens with one attached hydrogen (secondary N) is 2. The first-order valence-corrected chi connectivity index (χ1v) is 11.3. The summed E-state index contributed by atoms with van der Waals surface area (Å²) in [7, 11) is -3.60. The minimum atomic E-state index is -3.60. The predicted octanol–water partition coefficient (Wildman–Crippen LogP) is 3.10. The van der Waals surface area contributed by atoms with Crippen molar-refractivity contribution in [1.29, 1.82) is 0 Å². The molecular formula is C21H22N6O3S. The lowest BCUT2D eigenvalue weighted by Gasteiger charge is -2.18. The number of carbonyl (C=O) groups excluding carboxylic acids is 1. The topological polar surface area (TPSA) is 121 Å². The molecule has 2 heterocycles. The predicted molar refractivity (Wildman–Crippen MR) is 118 cm³/mol. The SMILES string of the molecule is CCN(CC)S(=O)(=O)c1ccc2[nH]c3nc(NC(=O)c4ccc(C)cc4)nnc3c2c1. The molecule has 9 nitrogen and oxygen atoms in total. The fraction of sp³-hybridized carbons (Fsp3) is 0.238. The molecule has 0 aliphatic rings. The summed E-state index contributed by atoms with van der Waals surface area (Å²) < 4.78 is 27.1. The quantitative estimate of drug-likeness (QED) is 0.477. The summed E-state index contributed by atoms with van der Waals surface area (Å²) in [4.78, 5) is 20.0. The van der Waals surface area contributed by atoms with Crippen LogP contribution in [0.5, 0.6) is 0 Å². The second-order valence-electron chi connectivity index (χ2n) is 7.07. The van der Waals surface area contributed by atoms with E-state index < -0.39 is 10.0 Å². The van der Waals surface area contributed by atoms with Gasteiger partial charge in [-0.25, -0.2) is 8.42 Å². The zero-order valence-corrected chi connectivity index (χ0v) is 18.2. The van der Waals surface area contributed by atoms with Crippen molar-refractivity contribution >= 4 is 43.9 Å². The molecular weight excluding hydrogens is 416 g/mol. The first kappa shape index (κ1) is 20.9. The van der Waals surface area contributed by atoms with Crippen LogP contribution in [-0.4, -0.2) is 51.9 Å². The van der Waals surface area contributed by atoms with Crippen molar-refractivity contribution < 1.29 is 13.2 Å². The number of aryl methyl sites for hydroxylation is 1. The van der Waals surface area contributed by atoms with Gasteiger partial charge in [-0.15, -0.1) is 10.2 Å². The average Bonchev–Trinajstić information content (AvgIpc) is 3.11. The molecule has 160 valence electrons. The Morgan fingerprint density at radius 3 is 2.45 bits per heavy atom. The third-order valence-electron chi connectivity index (χ3n) is 5.07. The summed E-state index contributed by atoms with van der Waals surface area (Å²) in [5.74, 6) is -0.287. The molecule has 0 saturated carbocycles. The average molecular weight is 439 g/mol. The van der Waals surface area contributed by atoms with Crippen molar-refractivity contribution in [2.24, 2.45) is 0 Å². The Hall–Kier alpha value is -3.37. The fourth-order valence-electron chi connectivity index (χ4n) is 3.36. The lowest BCUT2D eigenvalue weighted by molar-refractivity contribution is 0.102. The van der Waals surface area contributed by atoms with Crippen LogP contribution >= 0.6 is 0 Å². The molecule has 10 heteroatoms. The zero-order chi connectivity index (χ0) is 22.2. The third-order valence-corrected chi connectivity index (χ3v) is 7.11. The molecule has 0 aliphatic heterocycles. The highest BCUT2D eigenvalue weighted by Crippen LogP contribution is 2.27. The van der Waals surface area contributed by atoms with Crippen LogP contribution in [0.2, 0.25) is 0 Å². The highest BCUT2D eigenvalue weighted by atomic mass is 32.2. The molecule has 0 spiro atoms. The largest absolute Gasteiger partial charge is 0.338 e. The molecule has 4 aromatic rings. The summed E-state index contributed by atoms with van der Waals surface area (Å²) in [5.41, 5.74) is 3.05. The number of hydrogen-bond donors (Lipinski definition) is 2. The van der Waals surface area contributed by atoms with Gasteiger partial charge >= 0.3 is 0 Å². The molecule has 2 N–H and O–H groups in total. The van der Waals surface area contributed by atoms with Gasteiger partial charge in [0.05, 0.1) is 4.90 Å². The maximum absolute atomic E-state index is 12.8. The number of aromatic nitrogens is 4. The Balaban J connectivity index is 1.69. The van der Waals surface area contributed by atoms with E-state index in [1.807, 2.05) is 19.1 Å². The smallest absolute Gasteiger partial charge is 0.258 e. The van der Waals surface area contributed by atoms with Gasteiger partial charge in [-0.3, -0.25) is 10.1 Å². The van der Waals surface area contributed by atoms with Crippen molar-refractivity contribution in [3.05, 3.63) is 53.6 Å². The molecule has 0 bridgehead atoms. The van der Waals surface area contributed by atoms with E-state index in [1.54, 1.807) is 44.2 Å². The second kappa shape index (κ2) is 8.05. The number of hydrogen-bond acceptors (Lipinski definition) is 6. The number of benzene rings is 2. The Morgan fingerprint density at radius 1 is 1.06 bits per heavy atom. The lowest BCUT2D eigenvalue weighted by Crippen LogP contribution is -2.30. The van der Waals surface area contributed by atoms with Crippen LogP contribution in [0.3, 0.4) is 0 Å². The van der Waals surface area contributed by atoms with Gasteiger partial charge in [-0.05, 0) is 37.3 Å². The van der Waals surface area contributed by atoms with Crippen molar-refractivity contribution in [3.63, 3.8) is 0 Å². The molecule has 0 atom stereocenters. The lowest BCUT2D eigenvalue weighted by atomic mass is 10.1. The maximum Gasteiger partial charge on any atom is 0.258 e. The molecule has 0 aliphatic carbocycles. The third kappa shape index (κ3) is 3.87.